The molecule has 5 aromatic rings. The molecule has 5 rings (SSSR count). The molecule has 0 spiro atoms. The highest BCUT2D eigenvalue weighted by Gasteiger charge is 2.29. The largest absolute Gasteiger partial charge is 0.321 e. The van der Waals surface area contributed by atoms with Gasteiger partial charge in [0.05, 0.1) is 22.7 Å². The summed E-state index contributed by atoms with van der Waals surface area (Å²) in [6, 6.07) is 40.3. The average Bonchev–Trinajstić information content (AvgIpc) is 2.97. The van der Waals surface area contributed by atoms with E-state index in [2.05, 4.69) is 5.32 Å². The Bertz CT molecular complexity index is 1680. The van der Waals surface area contributed by atoms with E-state index in [9.17, 15) is 13.2 Å². The van der Waals surface area contributed by atoms with Crippen LogP contribution in [0.1, 0.15) is 21.5 Å². The first-order valence-corrected chi connectivity index (χ1v) is 14.1. The number of hydrogen-bond acceptors (Lipinski definition) is 3. The SMILES string of the molecule is Cc1ccc(S(=O)(=O)N(Cc2ccccc2)c2ccccc2C(=O)Nc2ccccc2-c2ccccc2)cc1. The molecule has 6 heteroatoms. The molecule has 0 radical (unpaired) electrons. The van der Waals surface area contributed by atoms with E-state index in [1.165, 1.54) is 4.31 Å². The minimum Gasteiger partial charge on any atom is -0.321 e. The molecule has 194 valence electrons. The van der Waals surface area contributed by atoms with Crippen LogP contribution in [0, 0.1) is 6.92 Å². The van der Waals surface area contributed by atoms with Crippen molar-refractivity contribution in [2.24, 2.45) is 0 Å². The van der Waals surface area contributed by atoms with Crippen molar-refractivity contribution in [3.63, 3.8) is 0 Å². The summed E-state index contributed by atoms with van der Waals surface area (Å²) in [4.78, 5) is 13.9. The van der Waals surface area contributed by atoms with Crippen LogP contribution in [0.3, 0.4) is 0 Å². The van der Waals surface area contributed by atoms with Crippen LogP contribution in [0.25, 0.3) is 11.1 Å². The number of benzene rings is 5. The van der Waals surface area contributed by atoms with Gasteiger partial charge in [0.2, 0.25) is 0 Å². The summed E-state index contributed by atoms with van der Waals surface area (Å²) in [5.41, 5.74) is 4.80. The normalized spacial score (nSPS) is 11.1. The highest BCUT2D eigenvalue weighted by atomic mass is 32.2. The summed E-state index contributed by atoms with van der Waals surface area (Å²) in [5, 5.41) is 3.02. The Labute approximate surface area is 229 Å². The maximum Gasteiger partial charge on any atom is 0.264 e. The number of anilines is 2. The van der Waals surface area contributed by atoms with E-state index >= 15 is 0 Å². The third kappa shape index (κ3) is 5.76. The molecule has 1 N–H and O–H groups in total. The second-order valence-electron chi connectivity index (χ2n) is 9.19. The van der Waals surface area contributed by atoms with Crippen LogP contribution in [-0.4, -0.2) is 14.3 Å². The Morgan fingerprint density at radius 2 is 1.28 bits per heavy atom. The molecule has 39 heavy (non-hydrogen) atoms. The van der Waals surface area contributed by atoms with Gasteiger partial charge in [-0.3, -0.25) is 9.10 Å². The number of hydrogen-bond donors (Lipinski definition) is 1. The van der Waals surface area contributed by atoms with Crippen LogP contribution in [0.5, 0.6) is 0 Å². The van der Waals surface area contributed by atoms with Gasteiger partial charge in [0.15, 0.2) is 0 Å². The van der Waals surface area contributed by atoms with Crippen LogP contribution < -0.4 is 9.62 Å². The van der Waals surface area contributed by atoms with Crippen molar-refractivity contribution in [3.8, 4) is 11.1 Å². The molecule has 0 aliphatic rings. The topological polar surface area (TPSA) is 66.5 Å². The molecule has 0 heterocycles. The van der Waals surface area contributed by atoms with Gasteiger partial charge in [0.25, 0.3) is 15.9 Å². The number of nitrogens with zero attached hydrogens (tertiary/aromatic N) is 1. The van der Waals surface area contributed by atoms with Gasteiger partial charge in [-0.15, -0.1) is 0 Å². The Balaban J connectivity index is 1.57. The number of sulfonamides is 1. The molecule has 0 saturated carbocycles. The number of aryl methyl sites for hydroxylation is 1. The van der Waals surface area contributed by atoms with Gasteiger partial charge in [-0.2, -0.15) is 0 Å². The van der Waals surface area contributed by atoms with Crippen molar-refractivity contribution in [1.82, 2.24) is 0 Å². The molecule has 0 unspecified atom stereocenters. The smallest absolute Gasteiger partial charge is 0.264 e. The Kier molecular flexibility index (Phi) is 7.57. The molecular formula is C33H28N2O3S. The van der Waals surface area contributed by atoms with E-state index in [1.807, 2.05) is 91.9 Å². The van der Waals surface area contributed by atoms with Gasteiger partial charge in [-0.05, 0) is 48.4 Å². The first kappa shape index (κ1) is 25.9. The molecule has 0 atom stereocenters. The van der Waals surface area contributed by atoms with Crippen LogP contribution >= 0.6 is 0 Å². The molecular weight excluding hydrogens is 504 g/mol. The fraction of sp³-hybridized carbons (Fsp3) is 0.0606. The quantitative estimate of drug-likeness (QED) is 0.228. The first-order valence-electron chi connectivity index (χ1n) is 12.6. The lowest BCUT2D eigenvalue weighted by atomic mass is 10.0. The summed E-state index contributed by atoms with van der Waals surface area (Å²) in [7, 11) is -4.00. The minimum atomic E-state index is -4.00. The molecule has 0 aliphatic heterocycles. The van der Waals surface area contributed by atoms with Crippen LogP contribution in [0.2, 0.25) is 0 Å². The highest BCUT2D eigenvalue weighted by molar-refractivity contribution is 7.92. The maximum absolute atomic E-state index is 14.0. The third-order valence-corrected chi connectivity index (χ3v) is 8.23. The average molecular weight is 533 g/mol. The predicted octanol–water partition coefficient (Wildman–Crippen LogP) is 7.31. The Morgan fingerprint density at radius 3 is 2.00 bits per heavy atom. The number of rotatable bonds is 8. The number of para-hydroxylation sites is 2. The summed E-state index contributed by atoms with van der Waals surface area (Å²) < 4.78 is 29.3. The van der Waals surface area contributed by atoms with E-state index in [4.69, 9.17) is 0 Å². The number of amides is 1. The van der Waals surface area contributed by atoms with Gasteiger partial charge in [0.1, 0.15) is 0 Å². The van der Waals surface area contributed by atoms with Gasteiger partial charge in [-0.25, -0.2) is 8.42 Å². The van der Waals surface area contributed by atoms with E-state index in [-0.39, 0.29) is 17.0 Å². The van der Waals surface area contributed by atoms with Crippen molar-refractivity contribution in [2.75, 3.05) is 9.62 Å². The van der Waals surface area contributed by atoms with E-state index in [1.54, 1.807) is 48.5 Å². The van der Waals surface area contributed by atoms with Crippen molar-refractivity contribution < 1.29 is 13.2 Å². The van der Waals surface area contributed by atoms with E-state index in [0.29, 0.717) is 11.4 Å². The lowest BCUT2D eigenvalue weighted by molar-refractivity contribution is 0.102. The van der Waals surface area contributed by atoms with Crippen LogP contribution in [0.15, 0.2) is 138 Å². The molecule has 0 aromatic heterocycles. The molecule has 1 amide bonds. The van der Waals surface area contributed by atoms with Crippen LogP contribution in [-0.2, 0) is 16.6 Å². The lowest BCUT2D eigenvalue weighted by Gasteiger charge is -2.27. The molecule has 5 nitrogen and oxygen atoms in total. The number of carbonyl (C=O) groups excluding carboxylic acids is 1. The first-order chi connectivity index (χ1) is 18.9. The van der Waals surface area contributed by atoms with Crippen molar-refractivity contribution in [2.45, 2.75) is 18.4 Å². The fourth-order valence-corrected chi connectivity index (χ4v) is 5.89. The molecule has 5 aromatic carbocycles. The summed E-state index contributed by atoms with van der Waals surface area (Å²) >= 11 is 0. The number of carbonyl (C=O) groups is 1. The van der Waals surface area contributed by atoms with Gasteiger partial charge in [-0.1, -0.05) is 109 Å². The zero-order valence-corrected chi connectivity index (χ0v) is 22.3. The monoisotopic (exact) mass is 532 g/mol. The molecule has 0 bridgehead atoms. The summed E-state index contributed by atoms with van der Waals surface area (Å²) in [6.45, 7) is 1.98. The Morgan fingerprint density at radius 1 is 0.692 bits per heavy atom. The molecule has 0 aliphatic carbocycles. The Hall–Kier alpha value is -4.68. The fourth-order valence-electron chi connectivity index (χ4n) is 4.42. The van der Waals surface area contributed by atoms with Crippen molar-refractivity contribution >= 4 is 27.3 Å². The standard InChI is InChI=1S/C33H28N2O3S/c1-25-20-22-28(23-21-25)39(37,38)35(24-26-12-4-2-5-13-26)32-19-11-9-17-30(32)33(36)34-31-18-10-8-16-29(31)27-14-6-3-7-15-27/h2-23H,24H2,1H3,(H,34,36). The minimum absolute atomic E-state index is 0.0714. The summed E-state index contributed by atoms with van der Waals surface area (Å²) in [6.07, 6.45) is 0. The van der Waals surface area contributed by atoms with Crippen molar-refractivity contribution in [1.29, 1.82) is 0 Å². The molecule has 0 saturated heterocycles. The number of nitrogens with one attached hydrogen (secondary N) is 1. The van der Waals surface area contributed by atoms with E-state index in [0.717, 1.165) is 22.3 Å². The molecule has 0 fully saturated rings. The summed E-state index contributed by atoms with van der Waals surface area (Å²) in [5.74, 6) is -0.397. The second-order valence-corrected chi connectivity index (χ2v) is 11.1. The van der Waals surface area contributed by atoms with Gasteiger partial charge < -0.3 is 5.32 Å². The van der Waals surface area contributed by atoms with Gasteiger partial charge in [0, 0.05) is 11.3 Å². The highest BCUT2D eigenvalue weighted by Crippen LogP contribution is 2.32. The second kappa shape index (κ2) is 11.4. The van der Waals surface area contributed by atoms with Crippen LogP contribution in [0.4, 0.5) is 11.4 Å². The predicted molar refractivity (Wildman–Crippen MR) is 157 cm³/mol. The van der Waals surface area contributed by atoms with Crippen molar-refractivity contribution in [3.05, 3.63) is 150 Å². The maximum atomic E-state index is 14.0. The zero-order chi connectivity index (χ0) is 27.2. The van der Waals surface area contributed by atoms with Gasteiger partial charge >= 0.3 is 0 Å². The third-order valence-electron chi connectivity index (χ3n) is 6.46. The lowest BCUT2D eigenvalue weighted by Crippen LogP contribution is -2.32. The van der Waals surface area contributed by atoms with E-state index < -0.39 is 15.9 Å². The zero-order valence-electron chi connectivity index (χ0n) is 21.5.